The Morgan fingerprint density at radius 2 is 1.76 bits per heavy atom. The van der Waals surface area contributed by atoms with Crippen molar-refractivity contribution in [3.8, 4) is 5.75 Å². The van der Waals surface area contributed by atoms with Gasteiger partial charge >= 0.3 is 0 Å². The van der Waals surface area contributed by atoms with E-state index in [4.69, 9.17) is 20.5 Å². The Balaban J connectivity index is 1.98. The minimum atomic E-state index is -3.48. The van der Waals surface area contributed by atoms with Gasteiger partial charge in [0.05, 0.1) is 12.9 Å². The number of ether oxygens (including phenoxy) is 1. The van der Waals surface area contributed by atoms with Gasteiger partial charge in [-0.1, -0.05) is 41.9 Å². The van der Waals surface area contributed by atoms with Crippen molar-refractivity contribution < 1.29 is 17.3 Å². The molecule has 0 atom stereocenters. The second kappa shape index (κ2) is 6.93. The number of rotatable bonds is 6. The van der Waals surface area contributed by atoms with Gasteiger partial charge in [0.25, 0.3) is 10.1 Å². The van der Waals surface area contributed by atoms with E-state index in [0.29, 0.717) is 17.2 Å². The Labute approximate surface area is 129 Å². The van der Waals surface area contributed by atoms with E-state index in [1.165, 1.54) is 0 Å². The first-order chi connectivity index (χ1) is 9.94. The standard InChI is InChI=1S/C15H15ClO4S/c1-21(17,18)20-11-13-8-7-12(9-15(13)16)10-19-14-5-3-2-4-6-14/h2-9H,10-11H2,1H3. The van der Waals surface area contributed by atoms with Gasteiger partial charge in [-0.3, -0.25) is 4.18 Å². The SMILES string of the molecule is CS(=O)(=O)OCc1ccc(COc2ccccc2)cc1Cl. The summed E-state index contributed by atoms with van der Waals surface area (Å²) in [5, 5.41) is 0.452. The molecule has 0 heterocycles. The predicted octanol–water partition coefficient (Wildman–Crippen LogP) is 3.40. The molecule has 2 aromatic rings. The fourth-order valence-electron chi connectivity index (χ4n) is 1.65. The molecular formula is C15H15ClO4S. The van der Waals surface area contributed by atoms with Crippen LogP contribution >= 0.6 is 11.6 Å². The van der Waals surface area contributed by atoms with Crippen molar-refractivity contribution in [2.24, 2.45) is 0 Å². The van der Waals surface area contributed by atoms with Crippen molar-refractivity contribution in [1.82, 2.24) is 0 Å². The highest BCUT2D eigenvalue weighted by atomic mass is 35.5. The molecule has 0 spiro atoms. The monoisotopic (exact) mass is 326 g/mol. The lowest BCUT2D eigenvalue weighted by molar-refractivity contribution is 0.304. The van der Waals surface area contributed by atoms with Gasteiger partial charge < -0.3 is 4.74 Å². The third-order valence-electron chi connectivity index (χ3n) is 2.69. The zero-order chi connectivity index (χ0) is 15.3. The zero-order valence-electron chi connectivity index (χ0n) is 11.5. The van der Waals surface area contributed by atoms with Gasteiger partial charge in [0.15, 0.2) is 0 Å². The molecule has 0 aliphatic carbocycles. The molecule has 0 aromatic heterocycles. The first-order valence-corrected chi connectivity index (χ1v) is 8.43. The maximum absolute atomic E-state index is 11.0. The molecule has 0 amide bonds. The molecular weight excluding hydrogens is 312 g/mol. The normalized spacial score (nSPS) is 11.3. The van der Waals surface area contributed by atoms with Crippen LogP contribution in [0, 0.1) is 0 Å². The Morgan fingerprint density at radius 3 is 2.38 bits per heavy atom. The number of hydrogen-bond donors (Lipinski definition) is 0. The van der Waals surface area contributed by atoms with Crippen molar-refractivity contribution >= 4 is 21.7 Å². The minimum absolute atomic E-state index is 0.0719. The third kappa shape index (κ3) is 5.38. The molecule has 0 radical (unpaired) electrons. The van der Waals surface area contributed by atoms with Crippen LogP contribution in [0.2, 0.25) is 5.02 Å². The molecule has 0 saturated heterocycles. The van der Waals surface area contributed by atoms with E-state index in [1.54, 1.807) is 12.1 Å². The smallest absolute Gasteiger partial charge is 0.264 e. The van der Waals surface area contributed by atoms with Crippen LogP contribution in [0.25, 0.3) is 0 Å². The second-order valence-electron chi connectivity index (χ2n) is 4.49. The van der Waals surface area contributed by atoms with Crippen molar-refractivity contribution in [1.29, 1.82) is 0 Å². The molecule has 0 aliphatic rings. The molecule has 0 saturated carbocycles. The summed E-state index contributed by atoms with van der Waals surface area (Å²) in [4.78, 5) is 0. The van der Waals surface area contributed by atoms with Crippen LogP contribution in [0.5, 0.6) is 5.75 Å². The summed E-state index contributed by atoms with van der Waals surface area (Å²) < 4.78 is 32.3. The van der Waals surface area contributed by atoms with Crippen molar-refractivity contribution in [3.63, 3.8) is 0 Å². The molecule has 6 heteroatoms. The summed E-state index contributed by atoms with van der Waals surface area (Å²) >= 11 is 6.11. The van der Waals surface area contributed by atoms with E-state index >= 15 is 0 Å². The van der Waals surface area contributed by atoms with Gasteiger partial charge in [0.1, 0.15) is 12.4 Å². The summed E-state index contributed by atoms with van der Waals surface area (Å²) in [7, 11) is -3.48. The average molecular weight is 327 g/mol. The maximum atomic E-state index is 11.0. The molecule has 2 aromatic carbocycles. The molecule has 0 aliphatic heterocycles. The molecule has 21 heavy (non-hydrogen) atoms. The van der Waals surface area contributed by atoms with Crippen LogP contribution < -0.4 is 4.74 Å². The number of halogens is 1. The largest absolute Gasteiger partial charge is 0.489 e. The fraction of sp³-hybridized carbons (Fsp3) is 0.200. The summed E-state index contributed by atoms with van der Waals surface area (Å²) in [5.74, 6) is 0.776. The average Bonchev–Trinajstić information content (AvgIpc) is 2.44. The van der Waals surface area contributed by atoms with Crippen LogP contribution in [-0.4, -0.2) is 14.7 Å². The minimum Gasteiger partial charge on any atom is -0.489 e. The van der Waals surface area contributed by atoms with Gasteiger partial charge in [-0.2, -0.15) is 8.42 Å². The third-order valence-corrected chi connectivity index (χ3v) is 3.59. The quantitative estimate of drug-likeness (QED) is 0.763. The van der Waals surface area contributed by atoms with E-state index in [0.717, 1.165) is 17.6 Å². The molecule has 2 rings (SSSR count). The van der Waals surface area contributed by atoms with Gasteiger partial charge in [0, 0.05) is 5.02 Å². The molecule has 112 valence electrons. The first-order valence-electron chi connectivity index (χ1n) is 6.23. The molecule has 4 nitrogen and oxygen atoms in total. The van der Waals surface area contributed by atoms with Gasteiger partial charge in [-0.25, -0.2) is 0 Å². The van der Waals surface area contributed by atoms with E-state index in [9.17, 15) is 8.42 Å². The first kappa shape index (κ1) is 15.8. The highest BCUT2D eigenvalue weighted by Gasteiger charge is 2.07. The van der Waals surface area contributed by atoms with E-state index in [-0.39, 0.29) is 6.61 Å². The van der Waals surface area contributed by atoms with E-state index in [2.05, 4.69) is 0 Å². The highest BCUT2D eigenvalue weighted by molar-refractivity contribution is 7.85. The van der Waals surface area contributed by atoms with Crippen LogP contribution in [-0.2, 0) is 27.5 Å². The van der Waals surface area contributed by atoms with Gasteiger partial charge in [0.2, 0.25) is 0 Å². The Morgan fingerprint density at radius 1 is 1.05 bits per heavy atom. The predicted molar refractivity (Wildman–Crippen MR) is 81.9 cm³/mol. The molecule has 0 N–H and O–H groups in total. The highest BCUT2D eigenvalue weighted by Crippen LogP contribution is 2.20. The van der Waals surface area contributed by atoms with Gasteiger partial charge in [-0.05, 0) is 29.3 Å². The van der Waals surface area contributed by atoms with Crippen LogP contribution in [0.3, 0.4) is 0 Å². The molecule has 0 bridgehead atoms. The lowest BCUT2D eigenvalue weighted by Crippen LogP contribution is -2.03. The Bertz CT molecular complexity index is 699. The molecule has 0 fully saturated rings. The number of benzene rings is 2. The summed E-state index contributed by atoms with van der Waals surface area (Å²) in [5.41, 5.74) is 1.51. The van der Waals surface area contributed by atoms with Crippen LogP contribution in [0.15, 0.2) is 48.5 Å². The van der Waals surface area contributed by atoms with E-state index < -0.39 is 10.1 Å². The van der Waals surface area contributed by atoms with Crippen molar-refractivity contribution in [2.75, 3.05) is 6.26 Å². The fourth-order valence-corrected chi connectivity index (χ4v) is 2.25. The number of para-hydroxylation sites is 1. The van der Waals surface area contributed by atoms with Crippen molar-refractivity contribution in [3.05, 3.63) is 64.7 Å². The molecule has 0 unspecified atom stereocenters. The lowest BCUT2D eigenvalue weighted by atomic mass is 10.1. The van der Waals surface area contributed by atoms with Crippen molar-refractivity contribution in [2.45, 2.75) is 13.2 Å². The van der Waals surface area contributed by atoms with Crippen LogP contribution in [0.1, 0.15) is 11.1 Å². The number of hydrogen-bond acceptors (Lipinski definition) is 4. The maximum Gasteiger partial charge on any atom is 0.264 e. The summed E-state index contributed by atoms with van der Waals surface area (Å²) in [6.07, 6.45) is 1.00. The van der Waals surface area contributed by atoms with Gasteiger partial charge in [-0.15, -0.1) is 0 Å². The Hall–Kier alpha value is -1.56. The summed E-state index contributed by atoms with van der Waals surface area (Å²) in [6.45, 7) is 0.314. The second-order valence-corrected chi connectivity index (χ2v) is 6.54. The lowest BCUT2D eigenvalue weighted by Gasteiger charge is -2.09. The zero-order valence-corrected chi connectivity index (χ0v) is 13.0. The van der Waals surface area contributed by atoms with E-state index in [1.807, 2.05) is 36.4 Å². The summed E-state index contributed by atoms with van der Waals surface area (Å²) in [6, 6.07) is 14.8. The Kier molecular flexibility index (Phi) is 5.22. The topological polar surface area (TPSA) is 52.6 Å². The van der Waals surface area contributed by atoms with Crippen LogP contribution in [0.4, 0.5) is 0 Å².